The summed E-state index contributed by atoms with van der Waals surface area (Å²) in [5, 5.41) is 3.09. The van der Waals surface area contributed by atoms with Gasteiger partial charge in [0.2, 0.25) is 11.8 Å². The standard InChI is InChI=1S/C10H16N2O2/c1-6(2)5-12-9(13)7-3-11-4-8(7)10(12)14/h6-8,11H,3-5H2,1-2H3/t7-,8+. The average Bonchev–Trinajstić information content (AvgIpc) is 2.65. The molecule has 2 heterocycles. The van der Waals surface area contributed by atoms with E-state index in [1.165, 1.54) is 4.90 Å². The Kier molecular flexibility index (Phi) is 2.31. The zero-order valence-corrected chi connectivity index (χ0v) is 8.62. The lowest BCUT2D eigenvalue weighted by atomic mass is 10.00. The van der Waals surface area contributed by atoms with Gasteiger partial charge in [0.25, 0.3) is 0 Å². The highest BCUT2D eigenvalue weighted by Gasteiger charge is 2.49. The molecule has 0 aromatic carbocycles. The molecule has 4 nitrogen and oxygen atoms in total. The molecule has 2 aliphatic rings. The summed E-state index contributed by atoms with van der Waals surface area (Å²) < 4.78 is 0. The quantitative estimate of drug-likeness (QED) is 0.625. The Morgan fingerprint density at radius 3 is 2.21 bits per heavy atom. The van der Waals surface area contributed by atoms with E-state index in [0.29, 0.717) is 25.6 Å². The SMILES string of the molecule is CC(C)CN1C(=O)[C@H]2CNC[C@H]2C1=O. The van der Waals surface area contributed by atoms with Gasteiger partial charge in [-0.1, -0.05) is 13.8 Å². The summed E-state index contributed by atoms with van der Waals surface area (Å²) in [6.07, 6.45) is 0. The monoisotopic (exact) mass is 196 g/mol. The van der Waals surface area contributed by atoms with E-state index in [1.54, 1.807) is 0 Å². The zero-order chi connectivity index (χ0) is 10.3. The van der Waals surface area contributed by atoms with Crippen molar-refractivity contribution < 1.29 is 9.59 Å². The maximum atomic E-state index is 11.8. The number of carbonyl (C=O) groups excluding carboxylic acids is 2. The summed E-state index contributed by atoms with van der Waals surface area (Å²) >= 11 is 0. The normalized spacial score (nSPS) is 31.8. The first-order chi connectivity index (χ1) is 6.61. The second kappa shape index (κ2) is 3.35. The lowest BCUT2D eigenvalue weighted by Gasteiger charge is -2.17. The van der Waals surface area contributed by atoms with Gasteiger partial charge < -0.3 is 5.32 Å². The van der Waals surface area contributed by atoms with E-state index in [9.17, 15) is 9.59 Å². The first-order valence-electron chi connectivity index (χ1n) is 5.17. The minimum Gasteiger partial charge on any atom is -0.315 e. The van der Waals surface area contributed by atoms with Crippen LogP contribution in [0.15, 0.2) is 0 Å². The van der Waals surface area contributed by atoms with Crippen LogP contribution < -0.4 is 5.32 Å². The minimum atomic E-state index is -0.0822. The number of imide groups is 1. The van der Waals surface area contributed by atoms with Crippen LogP contribution in [0, 0.1) is 17.8 Å². The molecule has 0 spiro atoms. The first kappa shape index (κ1) is 9.65. The third-order valence-corrected chi connectivity index (χ3v) is 2.93. The van der Waals surface area contributed by atoms with E-state index < -0.39 is 0 Å². The van der Waals surface area contributed by atoms with Crippen LogP contribution in [0.4, 0.5) is 0 Å². The van der Waals surface area contributed by atoms with Gasteiger partial charge in [0, 0.05) is 19.6 Å². The predicted molar refractivity (Wildman–Crippen MR) is 51.4 cm³/mol. The van der Waals surface area contributed by atoms with Crippen LogP contribution in [0.25, 0.3) is 0 Å². The molecule has 2 aliphatic heterocycles. The highest BCUT2D eigenvalue weighted by atomic mass is 16.2. The minimum absolute atomic E-state index is 0.0266. The van der Waals surface area contributed by atoms with Gasteiger partial charge >= 0.3 is 0 Å². The summed E-state index contributed by atoms with van der Waals surface area (Å²) in [5.41, 5.74) is 0. The second-order valence-corrected chi connectivity index (χ2v) is 4.55. The van der Waals surface area contributed by atoms with Crippen LogP contribution in [0.5, 0.6) is 0 Å². The lowest BCUT2D eigenvalue weighted by molar-refractivity contribution is -0.140. The van der Waals surface area contributed by atoms with Crippen molar-refractivity contribution in [3.05, 3.63) is 0 Å². The maximum Gasteiger partial charge on any atom is 0.234 e. The molecule has 0 radical (unpaired) electrons. The molecule has 0 saturated carbocycles. The molecule has 1 N–H and O–H groups in total. The predicted octanol–water partition coefficient (Wildman–Crippen LogP) is -0.153. The molecule has 2 amide bonds. The van der Waals surface area contributed by atoms with Gasteiger partial charge in [-0.2, -0.15) is 0 Å². The van der Waals surface area contributed by atoms with Gasteiger partial charge in [0.1, 0.15) is 0 Å². The lowest BCUT2D eigenvalue weighted by Crippen LogP contribution is -2.37. The van der Waals surface area contributed by atoms with E-state index in [4.69, 9.17) is 0 Å². The molecule has 0 aromatic heterocycles. The maximum absolute atomic E-state index is 11.8. The van der Waals surface area contributed by atoms with Crippen LogP contribution in [0.3, 0.4) is 0 Å². The summed E-state index contributed by atoms with van der Waals surface area (Å²) in [6, 6.07) is 0. The molecular weight excluding hydrogens is 180 g/mol. The first-order valence-corrected chi connectivity index (χ1v) is 5.17. The third-order valence-electron chi connectivity index (χ3n) is 2.93. The van der Waals surface area contributed by atoms with Crippen molar-refractivity contribution in [2.75, 3.05) is 19.6 Å². The van der Waals surface area contributed by atoms with E-state index in [2.05, 4.69) is 5.32 Å². The number of carbonyl (C=O) groups is 2. The fraction of sp³-hybridized carbons (Fsp3) is 0.800. The molecule has 2 atom stereocenters. The molecule has 4 heteroatoms. The van der Waals surface area contributed by atoms with E-state index in [0.717, 1.165) is 0 Å². The van der Waals surface area contributed by atoms with E-state index >= 15 is 0 Å². The number of hydrogen-bond donors (Lipinski definition) is 1. The van der Waals surface area contributed by atoms with Crippen LogP contribution in [0.2, 0.25) is 0 Å². The largest absolute Gasteiger partial charge is 0.315 e. The fourth-order valence-corrected chi connectivity index (χ4v) is 2.25. The van der Waals surface area contributed by atoms with Crippen molar-refractivity contribution in [2.45, 2.75) is 13.8 Å². The Labute approximate surface area is 83.6 Å². The van der Waals surface area contributed by atoms with Crippen molar-refractivity contribution in [1.29, 1.82) is 0 Å². The molecule has 2 saturated heterocycles. The summed E-state index contributed by atoms with van der Waals surface area (Å²) in [6.45, 7) is 5.96. The smallest absolute Gasteiger partial charge is 0.234 e. The van der Waals surface area contributed by atoms with Crippen molar-refractivity contribution in [2.24, 2.45) is 17.8 Å². The van der Waals surface area contributed by atoms with Crippen molar-refractivity contribution in [3.8, 4) is 0 Å². The van der Waals surface area contributed by atoms with E-state index in [-0.39, 0.29) is 23.7 Å². The Morgan fingerprint density at radius 2 is 1.79 bits per heavy atom. The third kappa shape index (κ3) is 1.34. The molecule has 0 aromatic rings. The van der Waals surface area contributed by atoms with Gasteiger partial charge in [-0.25, -0.2) is 0 Å². The van der Waals surface area contributed by atoms with Crippen molar-refractivity contribution >= 4 is 11.8 Å². The molecule has 0 bridgehead atoms. The van der Waals surface area contributed by atoms with Crippen LogP contribution in [-0.2, 0) is 9.59 Å². The molecule has 2 rings (SSSR count). The molecular formula is C10H16N2O2. The average molecular weight is 196 g/mol. The number of amides is 2. The van der Waals surface area contributed by atoms with Gasteiger partial charge in [-0.15, -0.1) is 0 Å². The highest BCUT2D eigenvalue weighted by Crippen LogP contribution is 2.29. The fourth-order valence-electron chi connectivity index (χ4n) is 2.25. The number of nitrogens with one attached hydrogen (secondary N) is 1. The Hall–Kier alpha value is -0.900. The van der Waals surface area contributed by atoms with Gasteiger partial charge in [0.05, 0.1) is 11.8 Å². The summed E-state index contributed by atoms with van der Waals surface area (Å²) in [4.78, 5) is 25.0. The Morgan fingerprint density at radius 1 is 1.29 bits per heavy atom. The number of hydrogen-bond acceptors (Lipinski definition) is 3. The molecule has 78 valence electrons. The number of likely N-dealkylation sites (tertiary alicyclic amines) is 1. The number of rotatable bonds is 2. The molecule has 14 heavy (non-hydrogen) atoms. The second-order valence-electron chi connectivity index (χ2n) is 4.55. The van der Waals surface area contributed by atoms with Crippen LogP contribution in [-0.4, -0.2) is 36.3 Å². The Bertz CT molecular complexity index is 253. The zero-order valence-electron chi connectivity index (χ0n) is 8.62. The highest BCUT2D eigenvalue weighted by molar-refractivity contribution is 6.05. The number of nitrogens with zero attached hydrogens (tertiary/aromatic N) is 1. The van der Waals surface area contributed by atoms with Gasteiger partial charge in [0.15, 0.2) is 0 Å². The van der Waals surface area contributed by atoms with Gasteiger partial charge in [-0.05, 0) is 5.92 Å². The van der Waals surface area contributed by atoms with Crippen molar-refractivity contribution in [1.82, 2.24) is 10.2 Å². The number of fused-ring (bicyclic) bond motifs is 1. The summed E-state index contributed by atoms with van der Waals surface area (Å²) in [7, 11) is 0. The Balaban J connectivity index is 2.13. The van der Waals surface area contributed by atoms with Crippen LogP contribution >= 0.6 is 0 Å². The van der Waals surface area contributed by atoms with Crippen molar-refractivity contribution in [3.63, 3.8) is 0 Å². The molecule has 0 aliphatic carbocycles. The summed E-state index contributed by atoms with van der Waals surface area (Å²) in [5.74, 6) is 0.245. The van der Waals surface area contributed by atoms with Gasteiger partial charge in [-0.3, -0.25) is 14.5 Å². The topological polar surface area (TPSA) is 49.4 Å². The van der Waals surface area contributed by atoms with E-state index in [1.807, 2.05) is 13.8 Å². The molecule has 0 unspecified atom stereocenters. The van der Waals surface area contributed by atoms with Crippen LogP contribution in [0.1, 0.15) is 13.8 Å². The molecule has 2 fully saturated rings.